The summed E-state index contributed by atoms with van der Waals surface area (Å²) in [5, 5.41) is 7.26. The molecule has 0 spiro atoms. The second-order valence-corrected chi connectivity index (χ2v) is 5.19. The smallest absolute Gasteiger partial charge is 0.00705 e. The lowest BCUT2D eigenvalue weighted by molar-refractivity contribution is 0.286. The standard InChI is InChI=1S/C12H26N2/c1-9(2)13-11-5-7-12(8-6-11)14-10(3)4/h9-14H,5-8H2,1-4H3. The Morgan fingerprint density at radius 1 is 0.714 bits per heavy atom. The van der Waals surface area contributed by atoms with Crippen LogP contribution >= 0.6 is 0 Å². The minimum atomic E-state index is 0.634. The Kier molecular flexibility index (Phi) is 4.90. The number of rotatable bonds is 4. The largest absolute Gasteiger partial charge is 0.312 e. The Bertz CT molecular complexity index is 128. The van der Waals surface area contributed by atoms with Gasteiger partial charge in [0.2, 0.25) is 0 Å². The molecule has 1 fully saturated rings. The summed E-state index contributed by atoms with van der Waals surface area (Å²) in [5.41, 5.74) is 0. The first-order valence-corrected chi connectivity index (χ1v) is 6.10. The molecule has 0 aromatic rings. The molecule has 0 amide bonds. The molecule has 0 saturated heterocycles. The van der Waals surface area contributed by atoms with Crippen molar-refractivity contribution >= 4 is 0 Å². The molecule has 1 rings (SSSR count). The van der Waals surface area contributed by atoms with Gasteiger partial charge in [0.15, 0.2) is 0 Å². The molecular weight excluding hydrogens is 172 g/mol. The zero-order valence-corrected chi connectivity index (χ0v) is 10.1. The predicted molar refractivity (Wildman–Crippen MR) is 62.6 cm³/mol. The average molecular weight is 198 g/mol. The highest BCUT2D eigenvalue weighted by Crippen LogP contribution is 2.19. The summed E-state index contributed by atoms with van der Waals surface area (Å²) in [4.78, 5) is 0. The van der Waals surface area contributed by atoms with E-state index in [1.54, 1.807) is 0 Å². The van der Waals surface area contributed by atoms with Crippen molar-refractivity contribution in [3.05, 3.63) is 0 Å². The second-order valence-electron chi connectivity index (χ2n) is 5.19. The summed E-state index contributed by atoms with van der Waals surface area (Å²) in [6.07, 6.45) is 5.34. The molecule has 1 aliphatic rings. The van der Waals surface area contributed by atoms with Gasteiger partial charge in [-0.1, -0.05) is 27.7 Å². The van der Waals surface area contributed by atoms with Crippen LogP contribution in [0.5, 0.6) is 0 Å². The normalized spacial score (nSPS) is 28.7. The van der Waals surface area contributed by atoms with E-state index < -0.39 is 0 Å². The van der Waals surface area contributed by atoms with Gasteiger partial charge in [-0.05, 0) is 25.7 Å². The molecule has 2 nitrogen and oxygen atoms in total. The van der Waals surface area contributed by atoms with E-state index in [0.717, 1.165) is 12.1 Å². The number of hydrogen-bond donors (Lipinski definition) is 2. The first kappa shape index (κ1) is 12.0. The minimum absolute atomic E-state index is 0.634. The zero-order chi connectivity index (χ0) is 10.6. The Balaban J connectivity index is 2.17. The van der Waals surface area contributed by atoms with Crippen molar-refractivity contribution in [3.8, 4) is 0 Å². The third kappa shape index (κ3) is 4.43. The van der Waals surface area contributed by atoms with Crippen molar-refractivity contribution < 1.29 is 0 Å². The Hall–Kier alpha value is -0.0800. The number of hydrogen-bond acceptors (Lipinski definition) is 2. The topological polar surface area (TPSA) is 24.1 Å². The SMILES string of the molecule is CC(C)NC1CCC(NC(C)C)CC1. The molecule has 0 bridgehead atoms. The first-order valence-electron chi connectivity index (χ1n) is 6.10. The maximum absolute atomic E-state index is 3.63. The van der Waals surface area contributed by atoms with Crippen molar-refractivity contribution in [2.45, 2.75) is 77.5 Å². The zero-order valence-electron chi connectivity index (χ0n) is 10.1. The minimum Gasteiger partial charge on any atom is -0.312 e. The molecule has 0 atom stereocenters. The maximum Gasteiger partial charge on any atom is 0.00705 e. The Labute approximate surface area is 88.8 Å². The van der Waals surface area contributed by atoms with Crippen molar-refractivity contribution in [2.24, 2.45) is 0 Å². The molecule has 0 heterocycles. The fraction of sp³-hybridized carbons (Fsp3) is 1.00. The van der Waals surface area contributed by atoms with E-state index in [0.29, 0.717) is 12.1 Å². The van der Waals surface area contributed by atoms with Gasteiger partial charge in [-0.25, -0.2) is 0 Å². The van der Waals surface area contributed by atoms with E-state index in [2.05, 4.69) is 38.3 Å². The Morgan fingerprint density at radius 3 is 1.21 bits per heavy atom. The van der Waals surface area contributed by atoms with Crippen LogP contribution < -0.4 is 10.6 Å². The van der Waals surface area contributed by atoms with Crippen molar-refractivity contribution in [2.75, 3.05) is 0 Å². The van der Waals surface area contributed by atoms with Crippen LogP contribution in [-0.4, -0.2) is 24.2 Å². The molecular formula is C12H26N2. The lowest BCUT2D eigenvalue weighted by Gasteiger charge is -2.32. The van der Waals surface area contributed by atoms with Crippen LogP contribution in [0.1, 0.15) is 53.4 Å². The molecule has 1 saturated carbocycles. The lowest BCUT2D eigenvalue weighted by atomic mass is 9.90. The third-order valence-electron chi connectivity index (χ3n) is 2.87. The first-order chi connectivity index (χ1) is 6.58. The van der Waals surface area contributed by atoms with E-state index in [-0.39, 0.29) is 0 Å². The van der Waals surface area contributed by atoms with E-state index >= 15 is 0 Å². The maximum atomic E-state index is 3.63. The summed E-state index contributed by atoms with van der Waals surface area (Å²) in [6, 6.07) is 2.80. The van der Waals surface area contributed by atoms with Gasteiger partial charge in [-0.15, -0.1) is 0 Å². The van der Waals surface area contributed by atoms with Gasteiger partial charge in [0.05, 0.1) is 0 Å². The van der Waals surface area contributed by atoms with Gasteiger partial charge in [-0.2, -0.15) is 0 Å². The van der Waals surface area contributed by atoms with E-state index in [1.807, 2.05) is 0 Å². The van der Waals surface area contributed by atoms with Gasteiger partial charge >= 0.3 is 0 Å². The highest BCUT2D eigenvalue weighted by molar-refractivity contribution is 4.82. The molecule has 0 radical (unpaired) electrons. The average Bonchev–Trinajstić information content (AvgIpc) is 2.06. The molecule has 0 aliphatic heterocycles. The van der Waals surface area contributed by atoms with Crippen molar-refractivity contribution in [3.63, 3.8) is 0 Å². The fourth-order valence-corrected chi connectivity index (χ4v) is 2.37. The molecule has 0 aromatic heterocycles. The van der Waals surface area contributed by atoms with Gasteiger partial charge in [0, 0.05) is 24.2 Å². The van der Waals surface area contributed by atoms with Crippen LogP contribution in [0.15, 0.2) is 0 Å². The van der Waals surface area contributed by atoms with Crippen molar-refractivity contribution in [1.29, 1.82) is 0 Å². The van der Waals surface area contributed by atoms with E-state index in [1.165, 1.54) is 25.7 Å². The van der Waals surface area contributed by atoms with Crippen molar-refractivity contribution in [1.82, 2.24) is 10.6 Å². The van der Waals surface area contributed by atoms with Crippen LogP contribution in [0.4, 0.5) is 0 Å². The lowest BCUT2D eigenvalue weighted by Crippen LogP contribution is -2.43. The van der Waals surface area contributed by atoms with Crippen LogP contribution in [0.3, 0.4) is 0 Å². The van der Waals surface area contributed by atoms with Gasteiger partial charge in [0.1, 0.15) is 0 Å². The summed E-state index contributed by atoms with van der Waals surface area (Å²) in [5.74, 6) is 0. The second kappa shape index (κ2) is 5.72. The molecule has 0 aromatic carbocycles. The molecule has 84 valence electrons. The predicted octanol–water partition coefficient (Wildman–Crippen LogP) is 2.29. The summed E-state index contributed by atoms with van der Waals surface area (Å²) < 4.78 is 0. The summed E-state index contributed by atoms with van der Waals surface area (Å²) >= 11 is 0. The highest BCUT2D eigenvalue weighted by Gasteiger charge is 2.21. The van der Waals surface area contributed by atoms with Crippen LogP contribution in [0.2, 0.25) is 0 Å². The van der Waals surface area contributed by atoms with Crippen LogP contribution in [0.25, 0.3) is 0 Å². The molecule has 2 N–H and O–H groups in total. The van der Waals surface area contributed by atoms with Crippen LogP contribution in [0, 0.1) is 0 Å². The Morgan fingerprint density at radius 2 is 1.00 bits per heavy atom. The van der Waals surface area contributed by atoms with Gasteiger partial charge < -0.3 is 10.6 Å². The van der Waals surface area contributed by atoms with Gasteiger partial charge in [0.25, 0.3) is 0 Å². The van der Waals surface area contributed by atoms with Crippen LogP contribution in [-0.2, 0) is 0 Å². The molecule has 2 heteroatoms. The third-order valence-corrected chi connectivity index (χ3v) is 2.87. The molecule has 0 unspecified atom stereocenters. The summed E-state index contributed by atoms with van der Waals surface area (Å²) in [7, 11) is 0. The van der Waals surface area contributed by atoms with E-state index in [4.69, 9.17) is 0 Å². The quantitative estimate of drug-likeness (QED) is 0.724. The molecule has 14 heavy (non-hydrogen) atoms. The highest BCUT2D eigenvalue weighted by atomic mass is 15.0. The molecule has 1 aliphatic carbocycles. The van der Waals surface area contributed by atoms with E-state index in [9.17, 15) is 0 Å². The summed E-state index contributed by atoms with van der Waals surface area (Å²) in [6.45, 7) is 8.94. The fourth-order valence-electron chi connectivity index (χ4n) is 2.37. The van der Waals surface area contributed by atoms with Gasteiger partial charge in [-0.3, -0.25) is 0 Å². The number of nitrogens with one attached hydrogen (secondary N) is 2. The monoisotopic (exact) mass is 198 g/mol.